The third-order valence-electron chi connectivity index (χ3n) is 3.33. The zero-order valence-corrected chi connectivity index (χ0v) is 11.4. The molecular formula is C17H18N2. The Morgan fingerprint density at radius 1 is 1.11 bits per heavy atom. The molecule has 0 fully saturated rings. The number of rotatable bonds is 4. The lowest BCUT2D eigenvalue weighted by atomic mass is 10.0. The summed E-state index contributed by atoms with van der Waals surface area (Å²) in [7, 11) is 0. The van der Waals surface area contributed by atoms with Crippen LogP contribution in [0.5, 0.6) is 0 Å². The summed E-state index contributed by atoms with van der Waals surface area (Å²) < 4.78 is 0. The van der Waals surface area contributed by atoms with Crippen molar-refractivity contribution in [2.24, 2.45) is 0 Å². The van der Waals surface area contributed by atoms with Gasteiger partial charge >= 0.3 is 0 Å². The monoisotopic (exact) mass is 250 g/mol. The first-order valence-electron chi connectivity index (χ1n) is 6.56. The van der Waals surface area contributed by atoms with Crippen LogP contribution >= 0.6 is 0 Å². The predicted molar refractivity (Wildman–Crippen MR) is 79.0 cm³/mol. The number of benzene rings is 2. The molecule has 2 rings (SSSR count). The Morgan fingerprint density at radius 2 is 1.84 bits per heavy atom. The van der Waals surface area contributed by atoms with Crippen LogP contribution in [-0.4, -0.2) is 0 Å². The molecular weight excluding hydrogens is 232 g/mol. The van der Waals surface area contributed by atoms with Gasteiger partial charge in [-0.25, -0.2) is 0 Å². The minimum atomic E-state index is 0.736. The SMILES string of the molecule is CCc1ccccc1CNc1ccc(C#N)c(C)c1. The molecule has 0 saturated carbocycles. The van der Waals surface area contributed by atoms with Crippen molar-refractivity contribution in [1.29, 1.82) is 5.26 Å². The molecule has 96 valence electrons. The van der Waals surface area contributed by atoms with Crippen LogP contribution in [0, 0.1) is 18.3 Å². The fourth-order valence-electron chi connectivity index (χ4n) is 2.17. The van der Waals surface area contributed by atoms with Crippen LogP contribution in [0.25, 0.3) is 0 Å². The van der Waals surface area contributed by atoms with Crippen LogP contribution < -0.4 is 5.32 Å². The number of nitriles is 1. The van der Waals surface area contributed by atoms with Crippen LogP contribution in [-0.2, 0) is 13.0 Å². The van der Waals surface area contributed by atoms with Crippen LogP contribution in [0.4, 0.5) is 5.69 Å². The van der Waals surface area contributed by atoms with Gasteiger partial charge in [0.1, 0.15) is 0 Å². The van der Waals surface area contributed by atoms with E-state index < -0.39 is 0 Å². The molecule has 19 heavy (non-hydrogen) atoms. The smallest absolute Gasteiger partial charge is 0.0994 e. The molecule has 2 heteroatoms. The molecule has 0 heterocycles. The average Bonchev–Trinajstić information content (AvgIpc) is 2.45. The summed E-state index contributed by atoms with van der Waals surface area (Å²) in [5.41, 5.74) is 5.51. The van der Waals surface area contributed by atoms with Gasteiger partial charge in [-0.2, -0.15) is 5.26 Å². The first-order valence-corrected chi connectivity index (χ1v) is 6.56. The molecule has 0 aliphatic heterocycles. The molecule has 0 radical (unpaired) electrons. The standard InChI is InChI=1S/C17H18N2/c1-3-14-6-4-5-7-16(14)12-19-17-9-8-15(11-18)13(2)10-17/h4-10,19H,3,12H2,1-2H3. The van der Waals surface area contributed by atoms with E-state index in [1.807, 2.05) is 25.1 Å². The van der Waals surface area contributed by atoms with Crippen molar-refractivity contribution < 1.29 is 0 Å². The molecule has 0 aliphatic rings. The van der Waals surface area contributed by atoms with Gasteiger partial charge in [-0.1, -0.05) is 31.2 Å². The summed E-state index contributed by atoms with van der Waals surface area (Å²) >= 11 is 0. The summed E-state index contributed by atoms with van der Waals surface area (Å²) in [5, 5.41) is 12.3. The van der Waals surface area contributed by atoms with Gasteiger partial charge in [-0.05, 0) is 48.2 Å². The topological polar surface area (TPSA) is 35.8 Å². The van der Waals surface area contributed by atoms with Crippen LogP contribution in [0.15, 0.2) is 42.5 Å². The van der Waals surface area contributed by atoms with Gasteiger partial charge in [0, 0.05) is 12.2 Å². The highest BCUT2D eigenvalue weighted by atomic mass is 14.9. The van der Waals surface area contributed by atoms with Crippen molar-refractivity contribution in [1.82, 2.24) is 0 Å². The van der Waals surface area contributed by atoms with E-state index in [4.69, 9.17) is 5.26 Å². The van der Waals surface area contributed by atoms with Crippen molar-refractivity contribution in [3.8, 4) is 6.07 Å². The molecule has 0 saturated heterocycles. The summed E-state index contributed by atoms with van der Waals surface area (Å²) in [6.45, 7) is 4.95. The Hall–Kier alpha value is -2.27. The summed E-state index contributed by atoms with van der Waals surface area (Å²) in [6, 6.07) is 16.5. The second kappa shape index (κ2) is 6.06. The minimum Gasteiger partial charge on any atom is -0.381 e. The minimum absolute atomic E-state index is 0.736. The summed E-state index contributed by atoms with van der Waals surface area (Å²) in [5.74, 6) is 0. The second-order valence-electron chi connectivity index (χ2n) is 4.62. The maximum absolute atomic E-state index is 8.92. The number of anilines is 1. The quantitative estimate of drug-likeness (QED) is 0.888. The van der Waals surface area contributed by atoms with E-state index in [9.17, 15) is 0 Å². The van der Waals surface area contributed by atoms with E-state index in [-0.39, 0.29) is 0 Å². The lowest BCUT2D eigenvalue weighted by Crippen LogP contribution is -2.02. The van der Waals surface area contributed by atoms with Crippen molar-refractivity contribution in [3.63, 3.8) is 0 Å². The fourth-order valence-corrected chi connectivity index (χ4v) is 2.17. The van der Waals surface area contributed by atoms with E-state index in [1.165, 1.54) is 11.1 Å². The van der Waals surface area contributed by atoms with Crippen molar-refractivity contribution in [3.05, 3.63) is 64.7 Å². The van der Waals surface area contributed by atoms with Crippen molar-refractivity contribution >= 4 is 5.69 Å². The van der Waals surface area contributed by atoms with Gasteiger partial charge in [0.05, 0.1) is 11.6 Å². The Labute approximate surface area is 114 Å². The maximum Gasteiger partial charge on any atom is 0.0994 e. The fraction of sp³-hybridized carbons (Fsp3) is 0.235. The second-order valence-corrected chi connectivity index (χ2v) is 4.62. The van der Waals surface area contributed by atoms with E-state index in [2.05, 4.69) is 42.6 Å². The molecule has 2 nitrogen and oxygen atoms in total. The highest BCUT2D eigenvalue weighted by Gasteiger charge is 2.01. The van der Waals surface area contributed by atoms with Crippen LogP contribution in [0.2, 0.25) is 0 Å². The maximum atomic E-state index is 8.92. The molecule has 2 aromatic rings. The third kappa shape index (κ3) is 3.14. The zero-order chi connectivity index (χ0) is 13.7. The Balaban J connectivity index is 2.11. The van der Waals surface area contributed by atoms with Crippen LogP contribution in [0.3, 0.4) is 0 Å². The van der Waals surface area contributed by atoms with Gasteiger partial charge in [-0.3, -0.25) is 0 Å². The van der Waals surface area contributed by atoms with E-state index in [0.717, 1.165) is 29.8 Å². The Kier molecular flexibility index (Phi) is 4.20. The Bertz CT molecular complexity index is 609. The molecule has 0 unspecified atom stereocenters. The van der Waals surface area contributed by atoms with Crippen molar-refractivity contribution in [2.45, 2.75) is 26.8 Å². The van der Waals surface area contributed by atoms with E-state index in [0.29, 0.717) is 0 Å². The first kappa shape index (κ1) is 13.2. The molecule has 0 aliphatic carbocycles. The predicted octanol–water partition coefficient (Wildman–Crippen LogP) is 4.04. The van der Waals surface area contributed by atoms with E-state index >= 15 is 0 Å². The molecule has 0 aromatic heterocycles. The number of hydrogen-bond acceptors (Lipinski definition) is 2. The van der Waals surface area contributed by atoms with Crippen molar-refractivity contribution in [2.75, 3.05) is 5.32 Å². The van der Waals surface area contributed by atoms with Crippen LogP contribution in [0.1, 0.15) is 29.2 Å². The lowest BCUT2D eigenvalue weighted by Gasteiger charge is -2.11. The number of aryl methyl sites for hydroxylation is 2. The molecule has 0 bridgehead atoms. The Morgan fingerprint density at radius 3 is 2.47 bits per heavy atom. The van der Waals surface area contributed by atoms with Gasteiger partial charge in [0.2, 0.25) is 0 Å². The van der Waals surface area contributed by atoms with E-state index in [1.54, 1.807) is 0 Å². The van der Waals surface area contributed by atoms with Gasteiger partial charge in [0.15, 0.2) is 0 Å². The number of nitrogens with one attached hydrogen (secondary N) is 1. The third-order valence-corrected chi connectivity index (χ3v) is 3.33. The molecule has 0 atom stereocenters. The lowest BCUT2D eigenvalue weighted by molar-refractivity contribution is 1.04. The number of hydrogen-bond donors (Lipinski definition) is 1. The van der Waals surface area contributed by atoms with Gasteiger partial charge in [0.25, 0.3) is 0 Å². The highest BCUT2D eigenvalue weighted by Crippen LogP contribution is 2.16. The van der Waals surface area contributed by atoms with Gasteiger partial charge in [-0.15, -0.1) is 0 Å². The molecule has 0 amide bonds. The number of nitrogens with zero attached hydrogens (tertiary/aromatic N) is 1. The molecule has 1 N–H and O–H groups in total. The highest BCUT2D eigenvalue weighted by molar-refractivity contribution is 5.52. The average molecular weight is 250 g/mol. The summed E-state index contributed by atoms with van der Waals surface area (Å²) in [6.07, 6.45) is 1.05. The normalized spacial score (nSPS) is 9.95. The first-order chi connectivity index (χ1) is 9.24. The molecule has 2 aromatic carbocycles. The largest absolute Gasteiger partial charge is 0.381 e. The zero-order valence-electron chi connectivity index (χ0n) is 11.4. The molecule has 0 spiro atoms. The van der Waals surface area contributed by atoms with Gasteiger partial charge < -0.3 is 5.32 Å². The summed E-state index contributed by atoms with van der Waals surface area (Å²) in [4.78, 5) is 0.